The van der Waals surface area contributed by atoms with Gasteiger partial charge in [-0.2, -0.15) is 0 Å². The molecule has 0 amide bonds. The third-order valence-corrected chi connectivity index (χ3v) is 3.63. The summed E-state index contributed by atoms with van der Waals surface area (Å²) in [7, 11) is 3.59. The normalized spacial score (nSPS) is 10.3. The van der Waals surface area contributed by atoms with E-state index in [1.807, 2.05) is 0 Å². The van der Waals surface area contributed by atoms with Crippen molar-refractivity contribution < 1.29 is 0 Å². The van der Waals surface area contributed by atoms with Crippen LogP contribution in [0, 0.1) is 20.8 Å². The van der Waals surface area contributed by atoms with E-state index in [1.165, 1.54) is 26.3 Å². The zero-order valence-electron chi connectivity index (χ0n) is 6.96. The summed E-state index contributed by atoms with van der Waals surface area (Å²) in [5, 5.41) is 1.21. The van der Waals surface area contributed by atoms with Crippen LogP contribution < -0.4 is 5.19 Å². The molecule has 0 aliphatic rings. The van der Waals surface area contributed by atoms with E-state index >= 15 is 0 Å². The van der Waals surface area contributed by atoms with Crippen molar-refractivity contribution in [2.45, 2.75) is 20.8 Å². The van der Waals surface area contributed by atoms with Crippen LogP contribution in [0.1, 0.15) is 16.7 Å². The molecule has 3 radical (unpaired) electrons. The molecule has 0 aliphatic heterocycles. The van der Waals surface area contributed by atoms with Gasteiger partial charge < -0.3 is 0 Å². The fourth-order valence-corrected chi connectivity index (χ4v) is 1.93. The molecule has 0 fully saturated rings. The molecule has 11 heavy (non-hydrogen) atoms. The molecule has 0 bridgehead atoms. The predicted octanol–water partition coefficient (Wildman–Crippen LogP) is 2.17. The van der Waals surface area contributed by atoms with Crippen LogP contribution in [0.25, 0.3) is 0 Å². The van der Waals surface area contributed by atoms with E-state index in [-0.39, 0.29) is 0 Å². The van der Waals surface area contributed by atoms with Crippen molar-refractivity contribution in [1.82, 2.24) is 0 Å². The van der Waals surface area contributed by atoms with Crippen molar-refractivity contribution in [2.24, 2.45) is 0 Å². The van der Waals surface area contributed by atoms with E-state index < -0.39 is 0 Å². The second-order valence-corrected chi connectivity index (χ2v) is 4.15. The molecular weight excluding hydrogens is 216 g/mol. The number of rotatable bonds is 0. The SMILES string of the molecule is Cc1cc(Br)c(C)c(C)c1[Si]. The van der Waals surface area contributed by atoms with Gasteiger partial charge in [0.25, 0.3) is 0 Å². The Morgan fingerprint density at radius 1 is 1.18 bits per heavy atom. The fraction of sp³-hybridized carbons (Fsp3) is 0.333. The Balaban J connectivity index is 3.46. The van der Waals surface area contributed by atoms with E-state index in [4.69, 9.17) is 0 Å². The van der Waals surface area contributed by atoms with E-state index in [2.05, 4.69) is 53.0 Å². The molecule has 0 saturated heterocycles. The molecule has 0 atom stereocenters. The molecule has 1 aromatic carbocycles. The van der Waals surface area contributed by atoms with Crippen molar-refractivity contribution in [3.05, 3.63) is 27.2 Å². The van der Waals surface area contributed by atoms with Gasteiger partial charge in [-0.3, -0.25) is 0 Å². The molecule has 0 N–H and O–H groups in total. The minimum Gasteiger partial charge on any atom is -0.0613 e. The Morgan fingerprint density at radius 3 is 2.27 bits per heavy atom. The largest absolute Gasteiger partial charge is 0.0719 e. The van der Waals surface area contributed by atoms with Gasteiger partial charge in [0.05, 0.1) is 10.2 Å². The van der Waals surface area contributed by atoms with Crippen LogP contribution in [-0.4, -0.2) is 10.2 Å². The molecule has 0 aliphatic carbocycles. The Bertz CT molecular complexity index is 266. The summed E-state index contributed by atoms with van der Waals surface area (Å²) >= 11 is 3.51. The fourth-order valence-electron chi connectivity index (χ4n) is 1.03. The molecule has 57 valence electrons. The van der Waals surface area contributed by atoms with E-state index in [0.717, 1.165) is 0 Å². The summed E-state index contributed by atoms with van der Waals surface area (Å²) in [4.78, 5) is 0. The molecule has 0 saturated carbocycles. The highest BCUT2D eigenvalue weighted by Gasteiger charge is 2.03. The maximum absolute atomic E-state index is 3.59. The van der Waals surface area contributed by atoms with E-state index in [0.29, 0.717) is 0 Å². The van der Waals surface area contributed by atoms with Gasteiger partial charge in [0.2, 0.25) is 0 Å². The first-order valence-corrected chi connectivity index (χ1v) is 4.81. The van der Waals surface area contributed by atoms with Crippen LogP contribution in [0.3, 0.4) is 0 Å². The third-order valence-electron chi connectivity index (χ3n) is 2.03. The number of benzene rings is 1. The molecule has 2 heteroatoms. The van der Waals surface area contributed by atoms with Gasteiger partial charge >= 0.3 is 0 Å². The summed E-state index contributed by atoms with van der Waals surface area (Å²) in [5.41, 5.74) is 3.89. The Hall–Kier alpha value is -0.0831. The third kappa shape index (κ3) is 1.57. The van der Waals surface area contributed by atoms with Gasteiger partial charge in [-0.05, 0) is 38.0 Å². The molecular formula is C9H10BrSi. The lowest BCUT2D eigenvalue weighted by Gasteiger charge is -2.09. The number of hydrogen-bond donors (Lipinski definition) is 0. The van der Waals surface area contributed by atoms with Crippen molar-refractivity contribution >= 4 is 31.4 Å². The molecule has 0 spiro atoms. The van der Waals surface area contributed by atoms with Gasteiger partial charge in [-0.1, -0.05) is 26.7 Å². The minimum atomic E-state index is 1.19. The average molecular weight is 226 g/mol. The molecule has 0 nitrogen and oxygen atoms in total. The van der Waals surface area contributed by atoms with Crippen LogP contribution in [-0.2, 0) is 0 Å². The van der Waals surface area contributed by atoms with Gasteiger partial charge in [-0.15, -0.1) is 0 Å². The summed E-state index contributed by atoms with van der Waals surface area (Å²) < 4.78 is 1.19. The van der Waals surface area contributed by atoms with Crippen LogP contribution in [0.15, 0.2) is 10.5 Å². The highest BCUT2D eigenvalue weighted by molar-refractivity contribution is 9.10. The molecule has 0 aromatic heterocycles. The van der Waals surface area contributed by atoms with E-state index in [9.17, 15) is 0 Å². The summed E-state index contributed by atoms with van der Waals surface area (Å²) in [5.74, 6) is 0. The topological polar surface area (TPSA) is 0 Å². The van der Waals surface area contributed by atoms with Crippen LogP contribution in [0.4, 0.5) is 0 Å². The standard InChI is InChI=1S/C9H10BrSi/c1-5-4-8(10)6(2)7(3)9(5)11/h4H,1-3H3. The smallest absolute Gasteiger partial charge is 0.0613 e. The van der Waals surface area contributed by atoms with Gasteiger partial charge in [0, 0.05) is 4.47 Å². The first-order valence-electron chi connectivity index (χ1n) is 3.52. The number of hydrogen-bond acceptors (Lipinski definition) is 0. The monoisotopic (exact) mass is 225 g/mol. The van der Waals surface area contributed by atoms with Crippen molar-refractivity contribution in [3.63, 3.8) is 0 Å². The van der Waals surface area contributed by atoms with Gasteiger partial charge in [0.1, 0.15) is 0 Å². The maximum Gasteiger partial charge on any atom is 0.0719 e. The zero-order valence-corrected chi connectivity index (χ0v) is 9.54. The van der Waals surface area contributed by atoms with Crippen molar-refractivity contribution in [3.8, 4) is 0 Å². The second kappa shape index (κ2) is 3.11. The molecule has 0 unspecified atom stereocenters. The average Bonchev–Trinajstić information content (AvgIpc) is 1.97. The lowest BCUT2D eigenvalue weighted by Crippen LogP contribution is -2.13. The number of halogens is 1. The quantitative estimate of drug-likeness (QED) is 0.595. The minimum absolute atomic E-state index is 1.19. The predicted molar refractivity (Wildman–Crippen MR) is 53.7 cm³/mol. The van der Waals surface area contributed by atoms with Gasteiger partial charge in [-0.25, -0.2) is 0 Å². The summed E-state index contributed by atoms with van der Waals surface area (Å²) in [6.07, 6.45) is 0. The van der Waals surface area contributed by atoms with Crippen LogP contribution in [0.5, 0.6) is 0 Å². The Kier molecular flexibility index (Phi) is 2.55. The highest BCUT2D eigenvalue weighted by Crippen LogP contribution is 2.18. The summed E-state index contributed by atoms with van der Waals surface area (Å²) in [6, 6.07) is 2.13. The first-order chi connectivity index (χ1) is 5.04. The highest BCUT2D eigenvalue weighted by atomic mass is 79.9. The van der Waals surface area contributed by atoms with Crippen LogP contribution >= 0.6 is 15.9 Å². The second-order valence-electron chi connectivity index (χ2n) is 2.80. The lowest BCUT2D eigenvalue weighted by atomic mass is 10.1. The zero-order chi connectivity index (χ0) is 8.59. The maximum atomic E-state index is 3.59. The lowest BCUT2D eigenvalue weighted by molar-refractivity contribution is 1.31. The number of aryl methyl sites for hydroxylation is 1. The van der Waals surface area contributed by atoms with Crippen molar-refractivity contribution in [1.29, 1.82) is 0 Å². The Labute approximate surface area is 79.6 Å². The Morgan fingerprint density at radius 2 is 1.73 bits per heavy atom. The molecule has 0 heterocycles. The van der Waals surface area contributed by atoms with Gasteiger partial charge in [0.15, 0.2) is 0 Å². The molecule has 1 rings (SSSR count). The summed E-state index contributed by atoms with van der Waals surface area (Å²) in [6.45, 7) is 6.33. The van der Waals surface area contributed by atoms with Crippen molar-refractivity contribution in [2.75, 3.05) is 0 Å². The van der Waals surface area contributed by atoms with E-state index in [1.54, 1.807) is 0 Å². The molecule has 1 aromatic rings. The first kappa shape index (κ1) is 9.01. The van der Waals surface area contributed by atoms with Crippen LogP contribution in [0.2, 0.25) is 0 Å².